The third kappa shape index (κ3) is 3.72. The van der Waals surface area contributed by atoms with Gasteiger partial charge in [0.15, 0.2) is 11.6 Å². The summed E-state index contributed by atoms with van der Waals surface area (Å²) in [5.74, 6) is -2.22. The normalized spacial score (nSPS) is 11.8. The Hall–Kier alpha value is -2.80. The summed E-state index contributed by atoms with van der Waals surface area (Å²) in [4.78, 5) is 16.6. The number of nitrogens with one attached hydrogen (secondary N) is 1. The lowest BCUT2D eigenvalue weighted by Gasteiger charge is -2.16. The van der Waals surface area contributed by atoms with Crippen LogP contribution in [0.5, 0.6) is 0 Å². The second-order valence-electron chi connectivity index (χ2n) is 6.90. The van der Waals surface area contributed by atoms with Gasteiger partial charge in [-0.1, -0.05) is 6.07 Å². The van der Waals surface area contributed by atoms with Crippen LogP contribution in [0.25, 0.3) is 16.7 Å². The minimum atomic E-state index is -1.18. The number of rotatable bonds is 4. The zero-order valence-electron chi connectivity index (χ0n) is 14.7. The van der Waals surface area contributed by atoms with Gasteiger partial charge in [-0.15, -0.1) is 0 Å². The van der Waals surface area contributed by atoms with E-state index in [0.29, 0.717) is 16.7 Å². The first-order valence-electron chi connectivity index (χ1n) is 8.11. The molecule has 0 spiro atoms. The zero-order chi connectivity index (χ0) is 19.1. The van der Waals surface area contributed by atoms with E-state index >= 15 is 0 Å². The van der Waals surface area contributed by atoms with Gasteiger partial charge in [0.2, 0.25) is 11.9 Å². The van der Waals surface area contributed by atoms with Crippen molar-refractivity contribution < 1.29 is 18.7 Å². The third-order valence-electron chi connectivity index (χ3n) is 3.82. The summed E-state index contributed by atoms with van der Waals surface area (Å²) in [7, 11) is 0. The molecule has 2 N–H and O–H groups in total. The Morgan fingerprint density at radius 3 is 2.58 bits per heavy atom. The number of fused-ring (bicyclic) bond motifs is 1. The van der Waals surface area contributed by atoms with Crippen LogP contribution in [0, 0.1) is 18.6 Å². The highest BCUT2D eigenvalue weighted by molar-refractivity contribution is 5.93. The van der Waals surface area contributed by atoms with Gasteiger partial charge in [-0.25, -0.2) is 13.8 Å². The summed E-state index contributed by atoms with van der Waals surface area (Å²) in [6.45, 7) is 4.94. The van der Waals surface area contributed by atoms with Crippen molar-refractivity contribution in [3.05, 3.63) is 53.6 Å². The number of nitrogens with zero attached hydrogens (tertiary/aromatic N) is 2. The van der Waals surface area contributed by atoms with E-state index in [4.69, 9.17) is 0 Å². The third-order valence-corrected chi connectivity index (χ3v) is 3.82. The van der Waals surface area contributed by atoms with E-state index in [9.17, 15) is 18.7 Å². The first kappa shape index (κ1) is 18.0. The molecule has 0 aliphatic rings. The molecule has 0 aliphatic carbocycles. The summed E-state index contributed by atoms with van der Waals surface area (Å²) in [6.07, 6.45) is -0.132. The van der Waals surface area contributed by atoms with Gasteiger partial charge in [0, 0.05) is 6.07 Å². The maximum absolute atomic E-state index is 13.7. The maximum atomic E-state index is 13.7. The molecule has 136 valence electrons. The number of carbonyl (C=O) groups excluding carboxylic acids is 1. The second kappa shape index (κ2) is 6.49. The Labute approximate surface area is 149 Å². The fourth-order valence-electron chi connectivity index (χ4n) is 2.72. The van der Waals surface area contributed by atoms with Crippen molar-refractivity contribution in [3.8, 4) is 5.69 Å². The number of halogens is 2. The summed E-state index contributed by atoms with van der Waals surface area (Å²) in [6, 6.07) is 8.97. The molecular formula is C19H19F2N3O2. The monoisotopic (exact) mass is 359 g/mol. The van der Waals surface area contributed by atoms with Gasteiger partial charge >= 0.3 is 0 Å². The minimum absolute atomic E-state index is 0.132. The van der Waals surface area contributed by atoms with Gasteiger partial charge in [-0.05, 0) is 50.6 Å². The first-order chi connectivity index (χ1) is 12.1. The molecule has 26 heavy (non-hydrogen) atoms. The zero-order valence-corrected chi connectivity index (χ0v) is 14.7. The van der Waals surface area contributed by atoms with Crippen LogP contribution in [0.15, 0.2) is 36.4 Å². The van der Waals surface area contributed by atoms with Gasteiger partial charge in [0.05, 0.1) is 28.7 Å². The molecule has 0 saturated carbocycles. The van der Waals surface area contributed by atoms with Crippen molar-refractivity contribution in [3.63, 3.8) is 0 Å². The van der Waals surface area contributed by atoms with Crippen LogP contribution in [-0.4, -0.2) is 26.2 Å². The molecule has 7 heteroatoms. The SMILES string of the molecule is Cc1ccc2nc(NC(=O)CC(C)(C)O)n(-c3ccc(F)c(F)c3)c2c1. The Kier molecular flexibility index (Phi) is 4.50. The second-order valence-corrected chi connectivity index (χ2v) is 6.90. The van der Waals surface area contributed by atoms with Crippen molar-refractivity contribution in [2.45, 2.75) is 32.8 Å². The molecule has 0 unspecified atom stereocenters. The molecule has 1 aromatic heterocycles. The topological polar surface area (TPSA) is 67.2 Å². The number of hydrogen-bond acceptors (Lipinski definition) is 3. The quantitative estimate of drug-likeness (QED) is 0.746. The van der Waals surface area contributed by atoms with Crippen LogP contribution in [0.3, 0.4) is 0 Å². The molecule has 5 nitrogen and oxygen atoms in total. The number of carbonyl (C=O) groups is 1. The molecular weight excluding hydrogens is 340 g/mol. The molecule has 0 atom stereocenters. The van der Waals surface area contributed by atoms with Crippen molar-refractivity contribution in [1.82, 2.24) is 9.55 Å². The molecule has 0 radical (unpaired) electrons. The molecule has 1 amide bonds. The largest absolute Gasteiger partial charge is 0.390 e. The highest BCUT2D eigenvalue weighted by Crippen LogP contribution is 2.27. The molecule has 1 heterocycles. The van der Waals surface area contributed by atoms with Crippen LogP contribution in [0.1, 0.15) is 25.8 Å². The first-order valence-corrected chi connectivity index (χ1v) is 8.11. The van der Waals surface area contributed by atoms with Crippen molar-refractivity contribution in [2.24, 2.45) is 0 Å². The van der Waals surface area contributed by atoms with E-state index in [0.717, 1.165) is 17.7 Å². The van der Waals surface area contributed by atoms with Crippen LogP contribution in [0.2, 0.25) is 0 Å². The summed E-state index contributed by atoms with van der Waals surface area (Å²) >= 11 is 0. The number of benzene rings is 2. The van der Waals surface area contributed by atoms with Crippen LogP contribution in [0.4, 0.5) is 14.7 Å². The fourth-order valence-corrected chi connectivity index (χ4v) is 2.72. The Morgan fingerprint density at radius 2 is 1.92 bits per heavy atom. The van der Waals surface area contributed by atoms with Crippen LogP contribution < -0.4 is 5.32 Å². The van der Waals surface area contributed by atoms with E-state index in [1.54, 1.807) is 10.6 Å². The summed E-state index contributed by atoms with van der Waals surface area (Å²) < 4.78 is 28.6. The maximum Gasteiger partial charge on any atom is 0.229 e. The molecule has 3 aromatic rings. The van der Waals surface area contributed by atoms with E-state index in [2.05, 4.69) is 10.3 Å². The van der Waals surface area contributed by atoms with Gasteiger partial charge in [0.1, 0.15) is 0 Å². The Morgan fingerprint density at radius 1 is 1.19 bits per heavy atom. The molecule has 0 aliphatic heterocycles. The lowest BCUT2D eigenvalue weighted by atomic mass is 10.1. The molecule has 0 bridgehead atoms. The summed E-state index contributed by atoms with van der Waals surface area (Å²) in [5, 5.41) is 12.5. The predicted octanol–water partition coefficient (Wildman–Crippen LogP) is 3.71. The standard InChI is InChI=1S/C19H19F2N3O2/c1-11-4-7-15-16(8-11)24(12-5-6-13(20)14(21)9-12)18(22-15)23-17(25)10-19(2,3)26/h4-9,26H,10H2,1-3H3,(H,22,23,25). The van der Waals surface area contributed by atoms with E-state index in [-0.39, 0.29) is 12.4 Å². The number of anilines is 1. The van der Waals surface area contributed by atoms with E-state index in [1.807, 2.05) is 19.1 Å². The Bertz CT molecular complexity index is 990. The smallest absolute Gasteiger partial charge is 0.229 e. The number of aliphatic hydroxyl groups is 1. The fraction of sp³-hybridized carbons (Fsp3) is 0.263. The number of aryl methyl sites for hydroxylation is 1. The number of imidazole rings is 1. The van der Waals surface area contributed by atoms with Crippen LogP contribution >= 0.6 is 0 Å². The highest BCUT2D eigenvalue weighted by Gasteiger charge is 2.21. The molecule has 0 fully saturated rings. The Balaban J connectivity index is 2.13. The van der Waals surface area contributed by atoms with Crippen molar-refractivity contribution in [2.75, 3.05) is 5.32 Å². The minimum Gasteiger partial charge on any atom is -0.390 e. The van der Waals surface area contributed by atoms with Crippen molar-refractivity contribution >= 4 is 22.9 Å². The van der Waals surface area contributed by atoms with E-state index < -0.39 is 23.1 Å². The number of hydrogen-bond donors (Lipinski definition) is 2. The lowest BCUT2D eigenvalue weighted by molar-refractivity contribution is -0.119. The average molecular weight is 359 g/mol. The van der Waals surface area contributed by atoms with Gasteiger partial charge in [-0.3, -0.25) is 14.7 Å². The highest BCUT2D eigenvalue weighted by atomic mass is 19.2. The van der Waals surface area contributed by atoms with E-state index in [1.165, 1.54) is 19.9 Å². The molecule has 0 saturated heterocycles. The predicted molar refractivity (Wildman–Crippen MR) is 95.3 cm³/mol. The van der Waals surface area contributed by atoms with Crippen LogP contribution in [-0.2, 0) is 4.79 Å². The summed E-state index contributed by atoms with van der Waals surface area (Å²) in [5.41, 5.74) is 1.35. The van der Waals surface area contributed by atoms with Gasteiger partial charge in [-0.2, -0.15) is 0 Å². The van der Waals surface area contributed by atoms with Gasteiger partial charge in [0.25, 0.3) is 0 Å². The number of aromatic nitrogens is 2. The average Bonchev–Trinajstić information content (AvgIpc) is 2.85. The number of amides is 1. The lowest BCUT2D eigenvalue weighted by Crippen LogP contribution is -2.28. The van der Waals surface area contributed by atoms with Crippen molar-refractivity contribution in [1.29, 1.82) is 0 Å². The molecule has 3 rings (SSSR count). The molecule has 2 aromatic carbocycles. The van der Waals surface area contributed by atoms with Gasteiger partial charge < -0.3 is 5.11 Å².